The van der Waals surface area contributed by atoms with Crippen LogP contribution in [0.3, 0.4) is 0 Å². The Hall–Kier alpha value is -1.60. The zero-order valence-corrected chi connectivity index (χ0v) is 11.4. The zero-order valence-electron chi connectivity index (χ0n) is 11.4. The highest BCUT2D eigenvalue weighted by Gasteiger charge is 2.31. The normalized spacial score (nSPS) is 12.0. The molecule has 0 aromatic heterocycles. The van der Waals surface area contributed by atoms with Gasteiger partial charge < -0.3 is 0 Å². The number of amides is 1. The Bertz CT molecular complexity index is 443. The molecule has 0 atom stereocenters. The molecule has 1 rings (SSSR count). The van der Waals surface area contributed by atoms with E-state index in [1.54, 1.807) is 26.0 Å². The van der Waals surface area contributed by atoms with Gasteiger partial charge in [0.2, 0.25) is 0 Å². The zero-order chi connectivity index (χ0) is 15.3. The Labute approximate surface area is 115 Å². The number of nitrogens with zero attached hydrogens (tertiary/aromatic N) is 1. The van der Waals surface area contributed by atoms with Crippen LogP contribution in [0.15, 0.2) is 24.3 Å². The van der Waals surface area contributed by atoms with Crippen LogP contribution in [-0.4, -0.2) is 29.6 Å². The Morgan fingerprint density at radius 2 is 1.85 bits per heavy atom. The molecule has 0 saturated carbocycles. The van der Waals surface area contributed by atoms with Crippen molar-refractivity contribution in [1.29, 1.82) is 0 Å². The SMILES string of the molecule is CC(C)N(Cc1ccc(C(=O)NN)cc1)CC(F)(F)F. The van der Waals surface area contributed by atoms with Gasteiger partial charge >= 0.3 is 6.18 Å². The first-order chi connectivity index (χ1) is 9.23. The smallest absolute Gasteiger partial charge is 0.290 e. The number of benzene rings is 1. The van der Waals surface area contributed by atoms with E-state index < -0.39 is 18.6 Å². The third-order valence-corrected chi connectivity index (χ3v) is 2.85. The third-order valence-electron chi connectivity index (χ3n) is 2.85. The summed E-state index contributed by atoms with van der Waals surface area (Å²) >= 11 is 0. The van der Waals surface area contributed by atoms with Crippen molar-refractivity contribution in [3.63, 3.8) is 0 Å². The van der Waals surface area contributed by atoms with E-state index in [1.807, 2.05) is 5.43 Å². The highest BCUT2D eigenvalue weighted by atomic mass is 19.4. The van der Waals surface area contributed by atoms with E-state index in [1.165, 1.54) is 17.0 Å². The topological polar surface area (TPSA) is 58.4 Å². The minimum atomic E-state index is -4.23. The Kier molecular flexibility index (Phi) is 5.52. The maximum atomic E-state index is 12.5. The average Bonchev–Trinajstić information content (AvgIpc) is 2.36. The van der Waals surface area contributed by atoms with E-state index in [0.29, 0.717) is 11.1 Å². The van der Waals surface area contributed by atoms with Crippen LogP contribution in [0.1, 0.15) is 29.8 Å². The van der Waals surface area contributed by atoms with Gasteiger partial charge in [-0.25, -0.2) is 5.84 Å². The number of nitrogens with one attached hydrogen (secondary N) is 1. The molecule has 0 aliphatic heterocycles. The molecule has 3 N–H and O–H groups in total. The molecular weight excluding hydrogens is 271 g/mol. The van der Waals surface area contributed by atoms with Gasteiger partial charge in [0.15, 0.2) is 0 Å². The molecule has 112 valence electrons. The number of alkyl halides is 3. The quantitative estimate of drug-likeness (QED) is 0.495. The molecule has 7 heteroatoms. The van der Waals surface area contributed by atoms with Crippen molar-refractivity contribution < 1.29 is 18.0 Å². The van der Waals surface area contributed by atoms with Gasteiger partial charge in [-0.05, 0) is 31.5 Å². The van der Waals surface area contributed by atoms with Crippen molar-refractivity contribution >= 4 is 5.91 Å². The van der Waals surface area contributed by atoms with E-state index in [2.05, 4.69) is 0 Å². The lowest BCUT2D eigenvalue weighted by Gasteiger charge is -2.27. The van der Waals surface area contributed by atoms with E-state index >= 15 is 0 Å². The molecule has 0 radical (unpaired) electrons. The first kappa shape index (κ1) is 16.5. The van der Waals surface area contributed by atoms with Crippen molar-refractivity contribution in [1.82, 2.24) is 10.3 Å². The number of nitrogen functional groups attached to an aromatic ring is 1. The van der Waals surface area contributed by atoms with Gasteiger partial charge in [0.1, 0.15) is 0 Å². The van der Waals surface area contributed by atoms with Gasteiger partial charge in [0, 0.05) is 18.2 Å². The number of carbonyl (C=O) groups is 1. The fourth-order valence-electron chi connectivity index (χ4n) is 1.73. The van der Waals surface area contributed by atoms with Crippen molar-refractivity contribution in [2.24, 2.45) is 5.84 Å². The largest absolute Gasteiger partial charge is 0.401 e. The lowest BCUT2D eigenvalue weighted by Crippen LogP contribution is -2.38. The second-order valence-corrected chi connectivity index (χ2v) is 4.78. The summed E-state index contributed by atoms with van der Waals surface area (Å²) in [6.45, 7) is 2.63. The van der Waals surface area contributed by atoms with E-state index in [9.17, 15) is 18.0 Å². The van der Waals surface area contributed by atoms with Crippen LogP contribution < -0.4 is 11.3 Å². The maximum Gasteiger partial charge on any atom is 0.401 e. The van der Waals surface area contributed by atoms with Gasteiger partial charge in [0.05, 0.1) is 6.54 Å². The van der Waals surface area contributed by atoms with Gasteiger partial charge in [-0.2, -0.15) is 13.2 Å². The Balaban J connectivity index is 2.77. The molecule has 0 aliphatic carbocycles. The number of carbonyl (C=O) groups excluding carboxylic acids is 1. The predicted molar refractivity (Wildman–Crippen MR) is 69.7 cm³/mol. The molecule has 20 heavy (non-hydrogen) atoms. The molecule has 0 aliphatic rings. The van der Waals surface area contributed by atoms with Crippen molar-refractivity contribution in [3.05, 3.63) is 35.4 Å². The number of nitrogens with two attached hydrogens (primary N) is 1. The molecule has 0 fully saturated rings. The highest BCUT2D eigenvalue weighted by Crippen LogP contribution is 2.20. The third kappa shape index (κ3) is 5.18. The van der Waals surface area contributed by atoms with Crippen LogP contribution in [-0.2, 0) is 6.54 Å². The van der Waals surface area contributed by atoms with Crippen molar-refractivity contribution in [3.8, 4) is 0 Å². The van der Waals surface area contributed by atoms with Crippen LogP contribution in [0, 0.1) is 0 Å². The van der Waals surface area contributed by atoms with E-state index in [4.69, 9.17) is 5.84 Å². The van der Waals surface area contributed by atoms with Gasteiger partial charge in [-0.3, -0.25) is 15.1 Å². The van der Waals surface area contributed by atoms with E-state index in [0.717, 1.165) is 0 Å². The standard InChI is InChI=1S/C13H18F3N3O/c1-9(2)19(8-13(14,15)16)7-10-3-5-11(6-4-10)12(20)18-17/h3-6,9H,7-8,17H2,1-2H3,(H,18,20). The molecule has 0 bridgehead atoms. The van der Waals surface area contributed by atoms with Gasteiger partial charge in [0.25, 0.3) is 5.91 Å². The predicted octanol–water partition coefficient (Wildman–Crippen LogP) is 2.06. The Morgan fingerprint density at radius 1 is 1.30 bits per heavy atom. The van der Waals surface area contributed by atoms with Crippen LogP contribution in [0.25, 0.3) is 0 Å². The maximum absolute atomic E-state index is 12.5. The molecular formula is C13H18F3N3O. The number of rotatable bonds is 5. The fourth-order valence-corrected chi connectivity index (χ4v) is 1.73. The van der Waals surface area contributed by atoms with Gasteiger partial charge in [-0.1, -0.05) is 12.1 Å². The minimum absolute atomic E-state index is 0.168. The second-order valence-electron chi connectivity index (χ2n) is 4.78. The fraction of sp³-hybridized carbons (Fsp3) is 0.462. The van der Waals surface area contributed by atoms with Crippen molar-refractivity contribution in [2.75, 3.05) is 6.54 Å². The molecule has 4 nitrogen and oxygen atoms in total. The summed E-state index contributed by atoms with van der Waals surface area (Å²) in [6, 6.07) is 6.07. The first-order valence-corrected chi connectivity index (χ1v) is 6.13. The number of hydrazine groups is 1. The summed E-state index contributed by atoms with van der Waals surface area (Å²) in [5.74, 6) is 4.56. The molecule has 1 aromatic carbocycles. The first-order valence-electron chi connectivity index (χ1n) is 6.13. The second kappa shape index (κ2) is 6.71. The summed E-state index contributed by atoms with van der Waals surface area (Å²) in [4.78, 5) is 12.6. The lowest BCUT2D eigenvalue weighted by atomic mass is 10.1. The molecule has 1 aromatic rings. The highest BCUT2D eigenvalue weighted by molar-refractivity contribution is 5.93. The summed E-state index contributed by atoms with van der Waals surface area (Å²) in [5, 5.41) is 0. The molecule has 0 saturated heterocycles. The molecule has 1 amide bonds. The summed E-state index contributed by atoms with van der Waals surface area (Å²) in [7, 11) is 0. The van der Waals surface area contributed by atoms with Crippen molar-refractivity contribution in [2.45, 2.75) is 32.6 Å². The number of hydrogen-bond acceptors (Lipinski definition) is 3. The van der Waals surface area contributed by atoms with Crippen LogP contribution >= 0.6 is 0 Å². The molecule has 0 heterocycles. The summed E-state index contributed by atoms with van der Waals surface area (Å²) in [5.41, 5.74) is 3.06. The lowest BCUT2D eigenvalue weighted by molar-refractivity contribution is -0.150. The number of halogens is 3. The van der Waals surface area contributed by atoms with Crippen LogP contribution in [0.4, 0.5) is 13.2 Å². The summed E-state index contributed by atoms with van der Waals surface area (Å²) in [6.07, 6.45) is -4.23. The Morgan fingerprint density at radius 3 is 2.25 bits per heavy atom. The molecule has 0 unspecified atom stereocenters. The number of hydrogen-bond donors (Lipinski definition) is 2. The average molecular weight is 289 g/mol. The summed E-state index contributed by atoms with van der Waals surface area (Å²) < 4.78 is 37.4. The molecule has 0 spiro atoms. The monoisotopic (exact) mass is 289 g/mol. The van der Waals surface area contributed by atoms with Crippen LogP contribution in [0.2, 0.25) is 0 Å². The van der Waals surface area contributed by atoms with Gasteiger partial charge in [-0.15, -0.1) is 0 Å². The van der Waals surface area contributed by atoms with E-state index in [-0.39, 0.29) is 12.6 Å². The minimum Gasteiger partial charge on any atom is -0.290 e. The van der Waals surface area contributed by atoms with Crippen LogP contribution in [0.5, 0.6) is 0 Å².